The highest BCUT2D eigenvalue weighted by atomic mass is 28.4. The number of hydrogen-bond donors (Lipinski definition) is 0. The van der Waals surface area contributed by atoms with Crippen molar-refractivity contribution in [2.75, 3.05) is 0 Å². The maximum atomic E-state index is 11.5. The zero-order chi connectivity index (χ0) is 14.5. The van der Waals surface area contributed by atoms with Crippen LogP contribution in [0.3, 0.4) is 0 Å². The molecule has 5 heteroatoms. The second-order valence-electron chi connectivity index (χ2n) is 5.03. The number of rotatable bonds is 4. The Kier molecular flexibility index (Phi) is 5.06. The Balaban J connectivity index is 2.62. The molecule has 0 heterocycles. The highest BCUT2D eigenvalue weighted by Gasteiger charge is 2.18. The van der Waals surface area contributed by atoms with Gasteiger partial charge in [0.2, 0.25) is 8.32 Å². The molecule has 0 atom stereocenters. The van der Waals surface area contributed by atoms with E-state index in [0.29, 0.717) is 5.75 Å². The van der Waals surface area contributed by atoms with E-state index in [9.17, 15) is 9.59 Å². The first-order chi connectivity index (χ1) is 8.76. The summed E-state index contributed by atoms with van der Waals surface area (Å²) in [5, 5.41) is 0. The predicted molar refractivity (Wildman–Crippen MR) is 76.2 cm³/mol. The quantitative estimate of drug-likeness (QED) is 0.368. The number of esters is 1. The fourth-order valence-corrected chi connectivity index (χ4v) is 1.98. The third kappa shape index (κ3) is 6.57. The van der Waals surface area contributed by atoms with Gasteiger partial charge in [-0.3, -0.25) is 4.79 Å². The van der Waals surface area contributed by atoms with E-state index in [-0.39, 0.29) is 11.9 Å². The van der Waals surface area contributed by atoms with Crippen molar-refractivity contribution in [1.82, 2.24) is 0 Å². The molecule has 0 saturated heterocycles. The molecule has 1 rings (SSSR count). The van der Waals surface area contributed by atoms with E-state index >= 15 is 0 Å². The SMILES string of the molecule is CC(=O)Oc1ccc(/C=C/C(=O)O[Si](C)(C)C)cc1. The minimum atomic E-state index is -1.84. The van der Waals surface area contributed by atoms with E-state index in [2.05, 4.69) is 0 Å². The molecule has 0 saturated carbocycles. The number of carbonyl (C=O) groups excluding carboxylic acids is 2. The van der Waals surface area contributed by atoms with Crippen LogP contribution in [0.4, 0.5) is 0 Å². The molecule has 0 aliphatic carbocycles. The van der Waals surface area contributed by atoms with Gasteiger partial charge in [0.05, 0.1) is 0 Å². The normalized spacial score (nSPS) is 11.4. The minimum absolute atomic E-state index is 0.330. The summed E-state index contributed by atoms with van der Waals surface area (Å²) in [5.74, 6) is -0.209. The number of hydrogen-bond acceptors (Lipinski definition) is 4. The highest BCUT2D eigenvalue weighted by Crippen LogP contribution is 2.13. The van der Waals surface area contributed by atoms with Gasteiger partial charge in [0.25, 0.3) is 0 Å². The standard InChI is InChI=1S/C14H18O4Si/c1-11(15)17-13-8-5-12(6-9-13)7-10-14(16)18-19(2,3)4/h5-10H,1-4H3/b10-7+. The van der Waals surface area contributed by atoms with Gasteiger partial charge in [0, 0.05) is 13.0 Å². The van der Waals surface area contributed by atoms with Gasteiger partial charge in [0.1, 0.15) is 5.75 Å². The topological polar surface area (TPSA) is 52.6 Å². The molecule has 0 aromatic heterocycles. The van der Waals surface area contributed by atoms with Crippen LogP contribution in [0.15, 0.2) is 30.3 Å². The lowest BCUT2D eigenvalue weighted by atomic mass is 10.2. The molecule has 0 aliphatic rings. The zero-order valence-electron chi connectivity index (χ0n) is 11.6. The van der Waals surface area contributed by atoms with Crippen LogP contribution in [0.1, 0.15) is 12.5 Å². The van der Waals surface area contributed by atoms with Crippen LogP contribution >= 0.6 is 0 Å². The van der Waals surface area contributed by atoms with E-state index in [1.807, 2.05) is 19.6 Å². The second-order valence-corrected chi connectivity index (χ2v) is 9.46. The van der Waals surface area contributed by atoms with Gasteiger partial charge >= 0.3 is 11.9 Å². The predicted octanol–water partition coefficient (Wildman–Crippen LogP) is 3.00. The molecule has 102 valence electrons. The Labute approximate surface area is 114 Å². The Morgan fingerprint density at radius 3 is 2.16 bits per heavy atom. The van der Waals surface area contributed by atoms with Crippen LogP contribution in [0, 0.1) is 0 Å². The first kappa shape index (κ1) is 15.2. The average Bonchev–Trinajstić information content (AvgIpc) is 2.25. The third-order valence-electron chi connectivity index (χ3n) is 1.96. The maximum absolute atomic E-state index is 11.5. The number of ether oxygens (including phenoxy) is 1. The summed E-state index contributed by atoms with van der Waals surface area (Å²) >= 11 is 0. The molecular formula is C14H18O4Si. The van der Waals surface area contributed by atoms with Gasteiger partial charge < -0.3 is 9.16 Å². The van der Waals surface area contributed by atoms with E-state index in [1.165, 1.54) is 13.0 Å². The Bertz CT molecular complexity index is 483. The molecule has 1 aromatic carbocycles. The molecule has 0 unspecified atom stereocenters. The second kappa shape index (κ2) is 6.33. The van der Waals surface area contributed by atoms with Gasteiger partial charge in [-0.05, 0) is 43.4 Å². The Hall–Kier alpha value is -1.88. The van der Waals surface area contributed by atoms with Crippen LogP contribution in [0.25, 0.3) is 6.08 Å². The van der Waals surface area contributed by atoms with Crippen LogP contribution in [0.2, 0.25) is 19.6 Å². The molecule has 0 spiro atoms. The van der Waals surface area contributed by atoms with Crippen molar-refractivity contribution in [2.45, 2.75) is 26.6 Å². The van der Waals surface area contributed by atoms with Crippen molar-refractivity contribution in [1.29, 1.82) is 0 Å². The van der Waals surface area contributed by atoms with E-state index in [1.54, 1.807) is 30.3 Å². The molecule has 19 heavy (non-hydrogen) atoms. The van der Waals surface area contributed by atoms with Crippen LogP contribution in [-0.4, -0.2) is 20.3 Å². The summed E-state index contributed by atoms with van der Waals surface area (Å²) < 4.78 is 10.2. The van der Waals surface area contributed by atoms with Crippen molar-refractivity contribution in [2.24, 2.45) is 0 Å². The lowest BCUT2D eigenvalue weighted by molar-refractivity contribution is -0.132. The van der Waals surface area contributed by atoms with Crippen LogP contribution in [0.5, 0.6) is 5.75 Å². The lowest BCUT2D eigenvalue weighted by Gasteiger charge is -2.15. The largest absolute Gasteiger partial charge is 0.517 e. The molecule has 0 bridgehead atoms. The van der Waals surface area contributed by atoms with Gasteiger partial charge in [0.15, 0.2) is 0 Å². The summed E-state index contributed by atoms with van der Waals surface area (Å²) in [6.45, 7) is 7.20. The van der Waals surface area contributed by atoms with Crippen molar-refractivity contribution in [3.63, 3.8) is 0 Å². The summed E-state index contributed by atoms with van der Waals surface area (Å²) in [4.78, 5) is 22.3. The smallest absolute Gasteiger partial charge is 0.317 e. The summed E-state index contributed by atoms with van der Waals surface area (Å²) in [7, 11) is -1.84. The maximum Gasteiger partial charge on any atom is 0.317 e. The Morgan fingerprint density at radius 1 is 1.11 bits per heavy atom. The lowest BCUT2D eigenvalue weighted by Crippen LogP contribution is -2.28. The number of benzene rings is 1. The minimum Gasteiger partial charge on any atom is -0.517 e. The van der Waals surface area contributed by atoms with E-state index in [0.717, 1.165) is 5.56 Å². The monoisotopic (exact) mass is 278 g/mol. The molecular weight excluding hydrogens is 260 g/mol. The third-order valence-corrected chi connectivity index (χ3v) is 2.77. The van der Waals surface area contributed by atoms with Crippen molar-refractivity contribution >= 4 is 26.3 Å². The van der Waals surface area contributed by atoms with E-state index in [4.69, 9.17) is 9.16 Å². The van der Waals surface area contributed by atoms with Crippen molar-refractivity contribution in [3.8, 4) is 5.75 Å². The molecule has 4 nitrogen and oxygen atoms in total. The van der Waals surface area contributed by atoms with E-state index < -0.39 is 8.32 Å². The average molecular weight is 278 g/mol. The highest BCUT2D eigenvalue weighted by molar-refractivity contribution is 6.71. The van der Waals surface area contributed by atoms with Crippen molar-refractivity contribution in [3.05, 3.63) is 35.9 Å². The van der Waals surface area contributed by atoms with Gasteiger partial charge in [-0.15, -0.1) is 0 Å². The first-order valence-corrected chi connectivity index (χ1v) is 9.37. The van der Waals surface area contributed by atoms with Crippen LogP contribution < -0.4 is 4.74 Å². The van der Waals surface area contributed by atoms with Crippen molar-refractivity contribution < 1.29 is 18.8 Å². The summed E-state index contributed by atoms with van der Waals surface area (Å²) in [6, 6.07) is 6.86. The zero-order valence-corrected chi connectivity index (χ0v) is 12.6. The Morgan fingerprint density at radius 2 is 1.68 bits per heavy atom. The van der Waals surface area contributed by atoms with Gasteiger partial charge in [-0.25, -0.2) is 4.79 Å². The fraction of sp³-hybridized carbons (Fsp3) is 0.286. The first-order valence-electron chi connectivity index (χ1n) is 5.96. The fourth-order valence-electron chi connectivity index (χ4n) is 1.31. The van der Waals surface area contributed by atoms with Gasteiger partial charge in [-0.2, -0.15) is 0 Å². The summed E-state index contributed by atoms with van der Waals surface area (Å²) in [5.41, 5.74) is 0.837. The molecule has 0 fully saturated rings. The molecule has 0 radical (unpaired) electrons. The molecule has 0 aliphatic heterocycles. The van der Waals surface area contributed by atoms with Gasteiger partial charge in [-0.1, -0.05) is 12.1 Å². The molecule has 1 aromatic rings. The number of carbonyl (C=O) groups is 2. The molecule has 0 N–H and O–H groups in total. The molecule has 0 amide bonds. The summed E-state index contributed by atoms with van der Waals surface area (Å²) in [6.07, 6.45) is 3.07. The van der Waals surface area contributed by atoms with Crippen LogP contribution in [-0.2, 0) is 14.0 Å².